The second-order valence-electron chi connectivity index (χ2n) is 7.97. The molecule has 11 heteroatoms. The quantitative estimate of drug-likeness (QED) is 0.427. The highest BCUT2D eigenvalue weighted by molar-refractivity contribution is 7.22. The average Bonchev–Trinajstić information content (AvgIpc) is 3.19. The van der Waals surface area contributed by atoms with Crippen molar-refractivity contribution in [3.8, 4) is 0 Å². The van der Waals surface area contributed by atoms with Gasteiger partial charge in [-0.15, -0.1) is 0 Å². The lowest BCUT2D eigenvalue weighted by molar-refractivity contribution is 0.0822. The minimum absolute atomic E-state index is 0.177. The number of anilines is 3. The lowest BCUT2D eigenvalue weighted by Gasteiger charge is -2.29. The Bertz CT molecular complexity index is 1120. The van der Waals surface area contributed by atoms with Crippen molar-refractivity contribution in [2.75, 3.05) is 43.4 Å². The molecule has 2 aromatic heterocycles. The number of hydrogen-bond donors (Lipinski definition) is 3. The van der Waals surface area contributed by atoms with Crippen molar-refractivity contribution in [2.24, 2.45) is 0 Å². The van der Waals surface area contributed by atoms with Crippen LogP contribution in [0.15, 0.2) is 30.3 Å². The molecule has 3 N–H and O–H groups in total. The Hall–Kier alpha value is -2.53. The van der Waals surface area contributed by atoms with Gasteiger partial charge < -0.3 is 20.2 Å². The number of aliphatic hydroxyl groups excluding tert-OH is 1. The van der Waals surface area contributed by atoms with Crippen LogP contribution in [0.3, 0.4) is 0 Å². The first-order valence-electron chi connectivity index (χ1n) is 10.8. The van der Waals surface area contributed by atoms with Crippen LogP contribution < -0.4 is 15.5 Å². The van der Waals surface area contributed by atoms with Crippen LogP contribution in [0.4, 0.5) is 25.8 Å². The summed E-state index contributed by atoms with van der Waals surface area (Å²) in [6, 6.07) is 7.71. The van der Waals surface area contributed by atoms with Crippen LogP contribution in [-0.2, 0) is 0 Å². The first-order valence-corrected chi connectivity index (χ1v) is 12.0. The van der Waals surface area contributed by atoms with E-state index in [1.54, 1.807) is 36.2 Å². The second-order valence-corrected chi connectivity index (χ2v) is 9.39. The molecule has 1 aliphatic heterocycles. The van der Waals surface area contributed by atoms with E-state index in [4.69, 9.17) is 11.6 Å². The maximum Gasteiger partial charge on any atom is 0.321 e. The Kier molecular flexibility index (Phi) is 7.59. The maximum absolute atomic E-state index is 14.3. The maximum atomic E-state index is 14.3. The van der Waals surface area contributed by atoms with Crippen molar-refractivity contribution in [3.05, 3.63) is 41.2 Å². The monoisotopic (exact) mass is 492 g/mol. The van der Waals surface area contributed by atoms with E-state index in [1.807, 2.05) is 0 Å². The van der Waals surface area contributed by atoms with E-state index in [2.05, 4.69) is 25.5 Å². The number of likely N-dealkylation sites (tertiary alicyclic amines) is 1. The zero-order valence-electron chi connectivity index (χ0n) is 18.2. The molecule has 1 aromatic carbocycles. The zero-order valence-corrected chi connectivity index (χ0v) is 19.8. The van der Waals surface area contributed by atoms with Gasteiger partial charge in [0.05, 0.1) is 11.8 Å². The molecular formula is C22H26ClFN6O2S. The summed E-state index contributed by atoms with van der Waals surface area (Å²) in [4.78, 5) is 25.8. The van der Waals surface area contributed by atoms with Crippen LogP contribution in [-0.4, -0.2) is 65.3 Å². The lowest BCUT2D eigenvalue weighted by atomic mass is 10.1. The van der Waals surface area contributed by atoms with Gasteiger partial charge in [-0.2, -0.15) is 0 Å². The van der Waals surface area contributed by atoms with Gasteiger partial charge in [-0.05, 0) is 56.1 Å². The fourth-order valence-corrected chi connectivity index (χ4v) is 4.70. The van der Waals surface area contributed by atoms with Gasteiger partial charge in [0, 0.05) is 31.7 Å². The van der Waals surface area contributed by atoms with Crippen LogP contribution >= 0.6 is 22.9 Å². The van der Waals surface area contributed by atoms with Gasteiger partial charge in [0.1, 0.15) is 22.0 Å². The molecule has 3 heterocycles. The Morgan fingerprint density at radius 1 is 1.30 bits per heavy atom. The summed E-state index contributed by atoms with van der Waals surface area (Å²) in [7, 11) is 1.72. The highest BCUT2D eigenvalue weighted by Gasteiger charge is 2.17. The van der Waals surface area contributed by atoms with E-state index in [1.165, 1.54) is 17.4 Å². The number of carbonyl (C=O) groups excluding carboxylic acids is 1. The largest absolute Gasteiger partial charge is 0.393 e. The summed E-state index contributed by atoms with van der Waals surface area (Å²) >= 11 is 7.09. The summed E-state index contributed by atoms with van der Waals surface area (Å²) < 4.78 is 14.3. The second kappa shape index (κ2) is 10.6. The summed E-state index contributed by atoms with van der Waals surface area (Å²) in [5.74, 6) is 0.113. The minimum Gasteiger partial charge on any atom is -0.393 e. The highest BCUT2D eigenvalue weighted by Crippen LogP contribution is 2.30. The highest BCUT2D eigenvalue weighted by atomic mass is 35.5. The van der Waals surface area contributed by atoms with Gasteiger partial charge in [-0.1, -0.05) is 22.9 Å². The predicted octanol–water partition coefficient (Wildman–Crippen LogP) is 4.22. The van der Waals surface area contributed by atoms with Crippen molar-refractivity contribution in [1.82, 2.24) is 20.2 Å². The molecule has 4 rings (SSSR count). The molecule has 0 bridgehead atoms. The molecule has 8 nitrogen and oxygen atoms in total. The number of piperidine rings is 1. The molecule has 1 fully saturated rings. The molecule has 0 unspecified atom stereocenters. The van der Waals surface area contributed by atoms with E-state index < -0.39 is 5.82 Å². The van der Waals surface area contributed by atoms with Gasteiger partial charge in [-0.3, -0.25) is 5.32 Å². The number of amides is 2. The Morgan fingerprint density at radius 2 is 2.09 bits per heavy atom. The first-order chi connectivity index (χ1) is 15.9. The summed E-state index contributed by atoms with van der Waals surface area (Å²) in [6.45, 7) is 3.24. The van der Waals surface area contributed by atoms with E-state index in [9.17, 15) is 14.3 Å². The van der Waals surface area contributed by atoms with Crippen LogP contribution in [0, 0.1) is 5.82 Å². The minimum atomic E-state index is -0.437. The molecule has 0 saturated carbocycles. The molecule has 0 atom stereocenters. The van der Waals surface area contributed by atoms with Crippen molar-refractivity contribution in [1.29, 1.82) is 0 Å². The molecule has 2 amide bonds. The molecule has 0 radical (unpaired) electrons. The first kappa shape index (κ1) is 23.6. The molecule has 33 heavy (non-hydrogen) atoms. The Labute approximate surface area is 200 Å². The number of nitrogens with zero attached hydrogens (tertiary/aromatic N) is 4. The number of urea groups is 1. The third-order valence-corrected chi connectivity index (χ3v) is 6.69. The van der Waals surface area contributed by atoms with Crippen LogP contribution in [0.5, 0.6) is 0 Å². The number of nitrogens with one attached hydrogen (secondary N) is 2. The molecule has 0 aliphatic carbocycles. The molecule has 1 saturated heterocycles. The Morgan fingerprint density at radius 3 is 2.85 bits per heavy atom. The topological polar surface area (TPSA) is 93.6 Å². The number of fused-ring (bicyclic) bond motifs is 1. The van der Waals surface area contributed by atoms with Crippen LogP contribution in [0.2, 0.25) is 5.02 Å². The summed E-state index contributed by atoms with van der Waals surface area (Å²) in [5.41, 5.74) is 1.01. The fraction of sp³-hybridized carbons (Fsp3) is 0.409. The van der Waals surface area contributed by atoms with E-state index in [0.717, 1.165) is 38.9 Å². The van der Waals surface area contributed by atoms with Crippen molar-refractivity contribution in [2.45, 2.75) is 25.4 Å². The smallest absolute Gasteiger partial charge is 0.321 e. The summed E-state index contributed by atoms with van der Waals surface area (Å²) in [5, 5.41) is 15.9. The average molecular weight is 493 g/mol. The van der Waals surface area contributed by atoms with Gasteiger partial charge in [0.2, 0.25) is 0 Å². The number of rotatable bonds is 7. The van der Waals surface area contributed by atoms with E-state index >= 15 is 0 Å². The van der Waals surface area contributed by atoms with E-state index in [0.29, 0.717) is 38.6 Å². The molecule has 0 spiro atoms. The Balaban J connectivity index is 1.31. The number of aromatic nitrogens is 2. The zero-order chi connectivity index (χ0) is 23.4. The van der Waals surface area contributed by atoms with Crippen molar-refractivity contribution >= 4 is 56.0 Å². The molecule has 3 aromatic rings. The van der Waals surface area contributed by atoms with Crippen LogP contribution in [0.25, 0.3) is 10.3 Å². The molecule has 1 aliphatic rings. The number of pyridine rings is 1. The summed E-state index contributed by atoms with van der Waals surface area (Å²) in [6.07, 6.45) is 2.28. The number of carbonyl (C=O) groups is 1. The van der Waals surface area contributed by atoms with Gasteiger partial charge in [0.25, 0.3) is 0 Å². The van der Waals surface area contributed by atoms with E-state index in [-0.39, 0.29) is 12.1 Å². The standard InChI is InChI=1S/C22H26ClFN6O2S/c1-29(18-5-3-14(23)13-16(18)24)19-6-4-17-20(27-19)33-22(26-17)28-21(32)25-9-2-10-30-11-7-15(31)8-12-30/h3-6,13,15,31H,2,7-12H2,1H3,(H2,25,26,28,32). The number of aliphatic hydroxyl groups is 1. The number of hydrogen-bond acceptors (Lipinski definition) is 7. The normalized spacial score (nSPS) is 15.0. The third kappa shape index (κ3) is 6.08. The van der Waals surface area contributed by atoms with Gasteiger partial charge in [-0.25, -0.2) is 19.2 Å². The SMILES string of the molecule is CN(c1ccc2nc(NC(=O)NCCCN3CCC(O)CC3)sc2n1)c1ccc(Cl)cc1F. The number of thiazole rings is 1. The third-order valence-electron chi connectivity index (χ3n) is 5.57. The number of halogens is 2. The fourth-order valence-electron chi connectivity index (χ4n) is 3.71. The van der Waals surface area contributed by atoms with Gasteiger partial charge in [0.15, 0.2) is 5.13 Å². The lowest BCUT2D eigenvalue weighted by Crippen LogP contribution is -2.38. The van der Waals surface area contributed by atoms with Crippen LogP contribution in [0.1, 0.15) is 19.3 Å². The molecule has 176 valence electrons. The van der Waals surface area contributed by atoms with Gasteiger partial charge >= 0.3 is 6.03 Å². The van der Waals surface area contributed by atoms with Crippen molar-refractivity contribution in [3.63, 3.8) is 0 Å². The number of benzene rings is 1. The predicted molar refractivity (Wildman–Crippen MR) is 130 cm³/mol. The molecular weight excluding hydrogens is 467 g/mol. The van der Waals surface area contributed by atoms with Crippen molar-refractivity contribution < 1.29 is 14.3 Å².